The van der Waals surface area contributed by atoms with Crippen molar-refractivity contribution in [1.82, 2.24) is 9.88 Å². The van der Waals surface area contributed by atoms with Crippen LogP contribution in [0.15, 0.2) is 16.9 Å². The van der Waals surface area contributed by atoms with Gasteiger partial charge in [0.25, 0.3) is 11.5 Å². The molecule has 1 fully saturated rings. The molecule has 1 aliphatic heterocycles. The van der Waals surface area contributed by atoms with Gasteiger partial charge in [-0.25, -0.2) is 0 Å². The number of carbonyl (C=O) groups is 1. The van der Waals surface area contributed by atoms with Gasteiger partial charge < -0.3 is 15.6 Å². The Balaban J connectivity index is 0.00000200. The molecule has 1 aromatic rings. The molecule has 112 valence electrons. The maximum absolute atomic E-state index is 12.3. The second kappa shape index (κ2) is 6.90. The van der Waals surface area contributed by atoms with Gasteiger partial charge in [0.2, 0.25) is 0 Å². The molecule has 0 radical (unpaired) electrons. The van der Waals surface area contributed by atoms with Crippen LogP contribution in [0.2, 0.25) is 0 Å². The largest absolute Gasteiger partial charge is 0.338 e. The number of pyridine rings is 1. The lowest BCUT2D eigenvalue weighted by Gasteiger charge is -2.33. The SMILES string of the molecule is Cc1ccc(C(=O)N2CCC(C(C)N)CC2)c(=O)[nH]1.Cl. The summed E-state index contributed by atoms with van der Waals surface area (Å²) in [4.78, 5) is 28.5. The lowest BCUT2D eigenvalue weighted by molar-refractivity contribution is 0.0679. The number of H-pyrrole nitrogens is 1. The van der Waals surface area contributed by atoms with Crippen molar-refractivity contribution in [2.75, 3.05) is 13.1 Å². The van der Waals surface area contributed by atoms with E-state index in [2.05, 4.69) is 4.98 Å². The molecule has 1 aliphatic rings. The van der Waals surface area contributed by atoms with Crippen LogP contribution in [0, 0.1) is 12.8 Å². The van der Waals surface area contributed by atoms with E-state index in [1.54, 1.807) is 24.0 Å². The van der Waals surface area contributed by atoms with E-state index in [0.29, 0.717) is 19.0 Å². The van der Waals surface area contributed by atoms with E-state index < -0.39 is 0 Å². The van der Waals surface area contributed by atoms with Crippen molar-refractivity contribution in [2.45, 2.75) is 32.7 Å². The van der Waals surface area contributed by atoms with Crippen molar-refractivity contribution in [2.24, 2.45) is 11.7 Å². The number of nitrogens with two attached hydrogens (primary N) is 1. The number of aromatic nitrogens is 1. The first-order chi connectivity index (χ1) is 8.99. The Bertz CT molecular complexity index is 519. The molecule has 0 saturated carbocycles. The number of aromatic amines is 1. The third-order valence-electron chi connectivity index (χ3n) is 3.86. The van der Waals surface area contributed by atoms with E-state index in [0.717, 1.165) is 18.5 Å². The highest BCUT2D eigenvalue weighted by molar-refractivity contribution is 5.93. The zero-order valence-corrected chi connectivity index (χ0v) is 12.7. The van der Waals surface area contributed by atoms with Crippen LogP contribution in [0.1, 0.15) is 35.8 Å². The molecule has 0 spiro atoms. The van der Waals surface area contributed by atoms with Crippen molar-refractivity contribution >= 4 is 18.3 Å². The monoisotopic (exact) mass is 299 g/mol. The van der Waals surface area contributed by atoms with Crippen molar-refractivity contribution in [1.29, 1.82) is 0 Å². The molecular weight excluding hydrogens is 278 g/mol. The molecule has 1 aromatic heterocycles. The molecule has 1 unspecified atom stereocenters. The summed E-state index contributed by atoms with van der Waals surface area (Å²) >= 11 is 0. The van der Waals surface area contributed by atoms with Gasteiger partial charge in [0.05, 0.1) is 0 Å². The number of halogens is 1. The van der Waals surface area contributed by atoms with Gasteiger partial charge in [-0.2, -0.15) is 0 Å². The number of carbonyl (C=O) groups excluding carboxylic acids is 1. The minimum atomic E-state index is -0.306. The summed E-state index contributed by atoms with van der Waals surface area (Å²) in [6.07, 6.45) is 1.82. The quantitative estimate of drug-likeness (QED) is 0.864. The number of rotatable bonds is 2. The van der Waals surface area contributed by atoms with Crippen LogP contribution < -0.4 is 11.3 Å². The number of nitrogens with zero attached hydrogens (tertiary/aromatic N) is 1. The maximum Gasteiger partial charge on any atom is 0.260 e. The predicted molar refractivity (Wildman–Crippen MR) is 81.3 cm³/mol. The number of piperidine rings is 1. The molecular formula is C14H22ClN3O2. The van der Waals surface area contributed by atoms with Gasteiger partial charge in [-0.1, -0.05) is 0 Å². The fourth-order valence-electron chi connectivity index (χ4n) is 2.54. The number of hydrogen-bond donors (Lipinski definition) is 2. The Morgan fingerprint density at radius 3 is 2.50 bits per heavy atom. The fraction of sp³-hybridized carbons (Fsp3) is 0.571. The molecule has 5 nitrogen and oxygen atoms in total. The highest BCUT2D eigenvalue weighted by atomic mass is 35.5. The van der Waals surface area contributed by atoms with Gasteiger partial charge in [-0.05, 0) is 44.7 Å². The van der Waals surface area contributed by atoms with Gasteiger partial charge in [-0.15, -0.1) is 12.4 Å². The Labute approximate surface area is 125 Å². The average molecular weight is 300 g/mol. The van der Waals surface area contributed by atoms with Crippen molar-refractivity contribution in [3.8, 4) is 0 Å². The van der Waals surface area contributed by atoms with E-state index in [-0.39, 0.29) is 35.5 Å². The zero-order valence-electron chi connectivity index (χ0n) is 11.9. The van der Waals surface area contributed by atoms with Gasteiger partial charge in [0, 0.05) is 24.8 Å². The van der Waals surface area contributed by atoms with E-state index in [1.807, 2.05) is 6.92 Å². The van der Waals surface area contributed by atoms with Crippen molar-refractivity contribution in [3.63, 3.8) is 0 Å². The molecule has 1 atom stereocenters. The first-order valence-electron chi connectivity index (χ1n) is 6.74. The van der Waals surface area contributed by atoms with Crippen LogP contribution in [-0.2, 0) is 0 Å². The normalized spacial score (nSPS) is 17.4. The first-order valence-corrected chi connectivity index (χ1v) is 6.74. The molecule has 1 saturated heterocycles. The molecule has 20 heavy (non-hydrogen) atoms. The van der Waals surface area contributed by atoms with Gasteiger partial charge in [-0.3, -0.25) is 9.59 Å². The summed E-state index contributed by atoms with van der Waals surface area (Å²) in [5.41, 5.74) is 6.56. The Hall–Kier alpha value is -1.33. The van der Waals surface area contributed by atoms with Crippen LogP contribution in [0.25, 0.3) is 0 Å². The van der Waals surface area contributed by atoms with Crippen molar-refractivity contribution < 1.29 is 4.79 Å². The molecule has 2 rings (SSSR count). The Morgan fingerprint density at radius 2 is 2.00 bits per heavy atom. The number of likely N-dealkylation sites (tertiary alicyclic amines) is 1. The number of aryl methyl sites for hydroxylation is 1. The molecule has 6 heteroatoms. The van der Waals surface area contributed by atoms with Gasteiger partial charge in [0.1, 0.15) is 5.56 Å². The summed E-state index contributed by atoms with van der Waals surface area (Å²) in [6.45, 7) is 5.16. The van der Waals surface area contributed by atoms with Gasteiger partial charge >= 0.3 is 0 Å². The molecule has 0 aromatic carbocycles. The highest BCUT2D eigenvalue weighted by Crippen LogP contribution is 2.20. The minimum Gasteiger partial charge on any atom is -0.338 e. The molecule has 0 bridgehead atoms. The minimum absolute atomic E-state index is 0. The van der Waals surface area contributed by atoms with E-state index in [4.69, 9.17) is 5.73 Å². The number of nitrogens with one attached hydrogen (secondary N) is 1. The topological polar surface area (TPSA) is 79.2 Å². The second-order valence-electron chi connectivity index (χ2n) is 5.37. The Kier molecular flexibility index (Phi) is 5.77. The summed E-state index contributed by atoms with van der Waals surface area (Å²) in [7, 11) is 0. The Morgan fingerprint density at radius 1 is 1.40 bits per heavy atom. The van der Waals surface area contributed by atoms with Crippen LogP contribution >= 0.6 is 12.4 Å². The van der Waals surface area contributed by atoms with Gasteiger partial charge in [0.15, 0.2) is 0 Å². The summed E-state index contributed by atoms with van der Waals surface area (Å²) in [5, 5.41) is 0. The van der Waals surface area contributed by atoms with Crippen LogP contribution in [0.3, 0.4) is 0 Å². The van der Waals surface area contributed by atoms with Crippen molar-refractivity contribution in [3.05, 3.63) is 33.7 Å². The van der Waals surface area contributed by atoms with Crippen LogP contribution in [0.4, 0.5) is 0 Å². The summed E-state index contributed by atoms with van der Waals surface area (Å²) in [5.74, 6) is 0.296. The number of amides is 1. The van der Waals surface area contributed by atoms with Crippen LogP contribution in [-0.4, -0.2) is 34.9 Å². The molecule has 1 amide bonds. The fourth-order valence-corrected chi connectivity index (χ4v) is 2.54. The summed E-state index contributed by atoms with van der Waals surface area (Å²) in [6, 6.07) is 3.53. The highest BCUT2D eigenvalue weighted by Gasteiger charge is 2.26. The second-order valence-corrected chi connectivity index (χ2v) is 5.37. The third-order valence-corrected chi connectivity index (χ3v) is 3.86. The first kappa shape index (κ1) is 16.7. The van der Waals surface area contributed by atoms with E-state index >= 15 is 0 Å². The molecule has 3 N–H and O–H groups in total. The summed E-state index contributed by atoms with van der Waals surface area (Å²) < 4.78 is 0. The maximum atomic E-state index is 12.3. The van der Waals surface area contributed by atoms with E-state index in [9.17, 15) is 9.59 Å². The smallest absolute Gasteiger partial charge is 0.260 e. The zero-order chi connectivity index (χ0) is 14.0. The van der Waals surface area contributed by atoms with E-state index in [1.165, 1.54) is 0 Å². The standard InChI is InChI=1S/C14H21N3O2.ClH/c1-9-3-4-12(13(18)16-9)14(19)17-7-5-11(6-8-17)10(2)15;/h3-4,10-11H,5-8,15H2,1-2H3,(H,16,18);1H. The average Bonchev–Trinajstić information content (AvgIpc) is 2.38. The molecule has 2 heterocycles. The predicted octanol–water partition coefficient (Wildman–Crippen LogP) is 1.30. The number of hydrogen-bond acceptors (Lipinski definition) is 3. The molecule has 0 aliphatic carbocycles. The lowest BCUT2D eigenvalue weighted by atomic mass is 9.91. The third kappa shape index (κ3) is 3.61. The lowest BCUT2D eigenvalue weighted by Crippen LogP contribution is -2.43. The van der Waals surface area contributed by atoms with Crippen LogP contribution in [0.5, 0.6) is 0 Å².